The van der Waals surface area contributed by atoms with Gasteiger partial charge in [-0.2, -0.15) is 0 Å². The third kappa shape index (κ3) is 5.40. The van der Waals surface area contributed by atoms with Crippen molar-refractivity contribution < 1.29 is 43.2 Å². The van der Waals surface area contributed by atoms with Crippen molar-refractivity contribution in [2.45, 2.75) is 57.0 Å². The predicted molar refractivity (Wildman–Crippen MR) is 91.5 cm³/mol. The van der Waals surface area contributed by atoms with Crippen LogP contribution in [0, 0.1) is 5.41 Å². The lowest BCUT2D eigenvalue weighted by molar-refractivity contribution is -0.263. The number of ether oxygens (including phenoxy) is 4. The van der Waals surface area contributed by atoms with E-state index >= 15 is 0 Å². The Labute approximate surface area is 159 Å². The summed E-state index contributed by atoms with van der Waals surface area (Å²) in [6.45, 7) is 3.68. The number of aliphatic hydroxyl groups is 1. The second kappa shape index (κ2) is 9.15. The molecular weight excluding hydrogens is 384 g/mol. The summed E-state index contributed by atoms with van der Waals surface area (Å²) in [5, 5.41) is 17.5. The van der Waals surface area contributed by atoms with Gasteiger partial charge in [0.1, 0.15) is 24.3 Å². The Balaban J connectivity index is 3.50. The average molecular weight is 406 g/mol. The van der Waals surface area contributed by atoms with Crippen molar-refractivity contribution in [2.24, 2.45) is 5.73 Å². The quantitative estimate of drug-likeness (QED) is 0.215. The van der Waals surface area contributed by atoms with Crippen LogP contribution < -0.4 is 5.73 Å². The lowest BCUT2D eigenvalue weighted by Gasteiger charge is -2.49. The second-order valence-corrected chi connectivity index (χ2v) is 6.88. The average Bonchev–Trinajstić information content (AvgIpc) is 2.50. The molecule has 1 heterocycles. The molecule has 12 heteroatoms. The number of carbonyl (C=O) groups is 4. The zero-order valence-electron chi connectivity index (χ0n) is 15.2. The highest BCUT2D eigenvalue weighted by Crippen LogP contribution is 2.40. The van der Waals surface area contributed by atoms with Gasteiger partial charge in [0, 0.05) is 20.8 Å². The molecule has 0 saturated carbocycles. The van der Waals surface area contributed by atoms with Crippen LogP contribution in [0.4, 0.5) is 0 Å². The lowest BCUT2D eigenvalue weighted by atomic mass is 9.81. The van der Waals surface area contributed by atoms with Gasteiger partial charge in [0.2, 0.25) is 5.60 Å². The van der Waals surface area contributed by atoms with Crippen LogP contribution in [-0.2, 0) is 38.1 Å². The van der Waals surface area contributed by atoms with Gasteiger partial charge < -0.3 is 29.8 Å². The predicted octanol–water partition coefficient (Wildman–Crippen LogP) is -0.915. The second-order valence-electron chi connectivity index (χ2n) is 5.74. The molecule has 0 spiro atoms. The number of ketones is 1. The van der Waals surface area contributed by atoms with Gasteiger partial charge in [0.15, 0.2) is 17.1 Å². The van der Waals surface area contributed by atoms with Gasteiger partial charge in [0.25, 0.3) is 0 Å². The van der Waals surface area contributed by atoms with Crippen molar-refractivity contribution in [1.29, 1.82) is 5.41 Å². The highest BCUT2D eigenvalue weighted by atomic mass is 32.2. The van der Waals surface area contributed by atoms with Crippen molar-refractivity contribution >= 4 is 40.6 Å². The number of amidine groups is 1. The zero-order valence-corrected chi connectivity index (χ0v) is 16.0. The fourth-order valence-electron chi connectivity index (χ4n) is 2.70. The van der Waals surface area contributed by atoms with E-state index in [-0.39, 0.29) is 0 Å². The van der Waals surface area contributed by atoms with Crippen LogP contribution in [0.25, 0.3) is 0 Å². The summed E-state index contributed by atoms with van der Waals surface area (Å²) in [6.07, 6.45) is -4.78. The monoisotopic (exact) mass is 406 g/mol. The molecule has 1 fully saturated rings. The summed E-state index contributed by atoms with van der Waals surface area (Å²) < 4.78 is 20.7. The van der Waals surface area contributed by atoms with E-state index in [4.69, 9.17) is 30.1 Å². The Bertz CT molecular complexity index is 641. The molecule has 1 saturated heterocycles. The minimum Gasteiger partial charge on any atom is -0.463 e. The molecule has 0 amide bonds. The molecule has 0 bridgehead atoms. The van der Waals surface area contributed by atoms with Crippen LogP contribution in [0.1, 0.15) is 27.7 Å². The first kappa shape index (κ1) is 22.9. The smallest absolute Gasteiger partial charge is 0.303 e. The number of carbonyl (C=O) groups excluding carboxylic acids is 4. The van der Waals surface area contributed by atoms with Crippen LogP contribution in [0.15, 0.2) is 0 Å². The van der Waals surface area contributed by atoms with Crippen LogP contribution in [0.5, 0.6) is 0 Å². The normalized spacial score (nSPS) is 30.1. The SMILES string of the molecule is CC(=O)OC[C@H]1O[C@@H](SC(=N)N)[C@@H](O)[C@@H](OC(C)=O)[C@@]1(OC(C)=O)C(C)=O. The van der Waals surface area contributed by atoms with E-state index in [2.05, 4.69) is 0 Å². The first-order chi connectivity index (χ1) is 12.4. The van der Waals surface area contributed by atoms with Gasteiger partial charge in [-0.1, -0.05) is 11.8 Å². The van der Waals surface area contributed by atoms with E-state index in [0.29, 0.717) is 11.8 Å². The highest BCUT2D eigenvalue weighted by Gasteiger charge is 2.64. The number of thioether (sulfide) groups is 1. The molecule has 11 nitrogen and oxygen atoms in total. The third-order valence-corrected chi connectivity index (χ3v) is 4.50. The largest absolute Gasteiger partial charge is 0.463 e. The number of hydrogen-bond acceptors (Lipinski definition) is 11. The fourth-order valence-corrected chi connectivity index (χ4v) is 3.42. The number of aliphatic hydroxyl groups excluding tert-OH is 1. The zero-order chi connectivity index (χ0) is 20.9. The Morgan fingerprint density at radius 3 is 2.15 bits per heavy atom. The summed E-state index contributed by atoms with van der Waals surface area (Å²) in [7, 11) is 0. The summed E-state index contributed by atoms with van der Waals surface area (Å²) in [5.74, 6) is -3.28. The molecule has 0 unspecified atom stereocenters. The van der Waals surface area contributed by atoms with Gasteiger partial charge in [-0.05, 0) is 6.92 Å². The molecule has 5 atom stereocenters. The Morgan fingerprint density at radius 1 is 1.15 bits per heavy atom. The van der Waals surface area contributed by atoms with E-state index in [9.17, 15) is 24.3 Å². The van der Waals surface area contributed by atoms with Crippen molar-refractivity contribution in [3.8, 4) is 0 Å². The van der Waals surface area contributed by atoms with Gasteiger partial charge in [-0.3, -0.25) is 24.6 Å². The molecule has 0 aromatic carbocycles. The molecular formula is C15H22N2O9S. The van der Waals surface area contributed by atoms with Crippen LogP contribution in [0.2, 0.25) is 0 Å². The summed E-state index contributed by atoms with van der Waals surface area (Å²) in [4.78, 5) is 47.0. The van der Waals surface area contributed by atoms with E-state index < -0.39 is 64.8 Å². The molecule has 1 aliphatic heterocycles. The molecule has 1 aliphatic rings. The van der Waals surface area contributed by atoms with Crippen LogP contribution in [-0.4, -0.2) is 69.9 Å². The molecule has 27 heavy (non-hydrogen) atoms. The van der Waals surface area contributed by atoms with Crippen molar-refractivity contribution in [3.05, 3.63) is 0 Å². The highest BCUT2D eigenvalue weighted by molar-refractivity contribution is 8.14. The van der Waals surface area contributed by atoms with Gasteiger partial charge >= 0.3 is 17.9 Å². The van der Waals surface area contributed by atoms with Gasteiger partial charge in [-0.15, -0.1) is 0 Å². The molecule has 0 aromatic heterocycles. The maximum Gasteiger partial charge on any atom is 0.303 e. The van der Waals surface area contributed by atoms with E-state index in [0.717, 1.165) is 27.7 Å². The molecule has 152 valence electrons. The Morgan fingerprint density at radius 2 is 1.74 bits per heavy atom. The number of Topliss-reactive ketones (excluding diaryl/α,β-unsaturated/α-hetero) is 1. The van der Waals surface area contributed by atoms with E-state index in [1.54, 1.807) is 0 Å². The van der Waals surface area contributed by atoms with Crippen molar-refractivity contribution in [2.75, 3.05) is 6.61 Å². The molecule has 4 N–H and O–H groups in total. The van der Waals surface area contributed by atoms with E-state index in [1.165, 1.54) is 0 Å². The number of rotatable bonds is 6. The number of nitrogens with two attached hydrogens (primary N) is 1. The Hall–Kier alpha value is -2.18. The maximum atomic E-state index is 12.5. The van der Waals surface area contributed by atoms with Crippen molar-refractivity contribution in [3.63, 3.8) is 0 Å². The third-order valence-electron chi connectivity index (χ3n) is 3.63. The number of nitrogens with one attached hydrogen (secondary N) is 1. The first-order valence-corrected chi connectivity index (χ1v) is 8.65. The summed E-state index contributed by atoms with van der Waals surface area (Å²) in [5.41, 5.74) is 1.80. The van der Waals surface area contributed by atoms with Crippen LogP contribution >= 0.6 is 11.8 Å². The minimum absolute atomic E-state index is 0.422. The summed E-state index contributed by atoms with van der Waals surface area (Å²) in [6, 6.07) is 0. The molecule has 0 aromatic rings. The van der Waals surface area contributed by atoms with Crippen molar-refractivity contribution in [1.82, 2.24) is 0 Å². The molecule has 1 rings (SSSR count). The molecule has 0 aliphatic carbocycles. The minimum atomic E-state index is -2.26. The van der Waals surface area contributed by atoms with Gasteiger partial charge in [-0.25, -0.2) is 0 Å². The number of hydrogen-bond donors (Lipinski definition) is 3. The molecule has 0 radical (unpaired) electrons. The lowest BCUT2D eigenvalue weighted by Crippen LogP contribution is -2.72. The van der Waals surface area contributed by atoms with Gasteiger partial charge in [0.05, 0.1) is 0 Å². The first-order valence-electron chi connectivity index (χ1n) is 7.77. The number of esters is 3. The maximum absolute atomic E-state index is 12.5. The summed E-state index contributed by atoms with van der Waals surface area (Å²) >= 11 is 0.589. The standard InChI is InChI=1S/C15H22N2O9S/c1-6(18)15(26-9(4)21)10(5-23-7(2)19)25-13(27-14(16)17)11(22)12(15)24-8(3)20/h10-13,22H,5H2,1-4H3,(H3,16,17)/t10-,11+,12-,13+,15-/m1/s1. The van der Waals surface area contributed by atoms with Crippen LogP contribution in [0.3, 0.4) is 0 Å². The fraction of sp³-hybridized carbons (Fsp3) is 0.667. The van der Waals surface area contributed by atoms with E-state index in [1.807, 2.05) is 0 Å². The topological polar surface area (TPSA) is 175 Å². The Kier molecular flexibility index (Phi) is 7.75.